The van der Waals surface area contributed by atoms with Gasteiger partial charge < -0.3 is 5.73 Å². The maximum Gasteiger partial charge on any atom is 0.293 e. The van der Waals surface area contributed by atoms with E-state index < -0.39 is 5.91 Å². The highest BCUT2D eigenvalue weighted by molar-refractivity contribution is 7.98. The molecular formula is C16H18N8O2S. The van der Waals surface area contributed by atoms with E-state index in [-0.39, 0.29) is 17.3 Å². The molecule has 10 nitrogen and oxygen atoms in total. The van der Waals surface area contributed by atoms with Crippen LogP contribution in [0.1, 0.15) is 35.1 Å². The van der Waals surface area contributed by atoms with Crippen molar-refractivity contribution in [2.45, 2.75) is 24.7 Å². The Balaban J connectivity index is 1.77. The summed E-state index contributed by atoms with van der Waals surface area (Å²) in [6.45, 7) is 1.97. The number of thioether (sulfide) groups is 1. The number of rotatable bonds is 7. The van der Waals surface area contributed by atoms with Crippen molar-refractivity contribution in [1.82, 2.24) is 30.7 Å². The zero-order valence-corrected chi connectivity index (χ0v) is 15.6. The molecule has 0 spiro atoms. The zero-order chi connectivity index (χ0) is 19.2. The van der Waals surface area contributed by atoms with Gasteiger partial charge in [0.1, 0.15) is 0 Å². The predicted octanol–water partition coefficient (Wildman–Crippen LogP) is 1.67. The van der Waals surface area contributed by atoms with Crippen LogP contribution in [0.5, 0.6) is 0 Å². The van der Waals surface area contributed by atoms with E-state index in [0.717, 1.165) is 16.9 Å². The van der Waals surface area contributed by atoms with Gasteiger partial charge in [-0.15, -0.1) is 16.9 Å². The van der Waals surface area contributed by atoms with Crippen LogP contribution >= 0.6 is 11.8 Å². The van der Waals surface area contributed by atoms with Gasteiger partial charge in [-0.1, -0.05) is 30.7 Å². The predicted molar refractivity (Wildman–Crippen MR) is 101 cm³/mol. The lowest BCUT2D eigenvalue weighted by atomic mass is 10.2. The summed E-state index contributed by atoms with van der Waals surface area (Å²) in [6.07, 6.45) is 4.88. The van der Waals surface area contributed by atoms with Crippen molar-refractivity contribution >= 4 is 29.7 Å². The number of benzene rings is 1. The Labute approximate surface area is 159 Å². The molecule has 0 aliphatic rings. The second-order valence-electron chi connectivity index (χ2n) is 5.49. The minimum atomic E-state index is -0.475. The van der Waals surface area contributed by atoms with Crippen molar-refractivity contribution in [2.75, 3.05) is 12.0 Å². The van der Waals surface area contributed by atoms with E-state index in [9.17, 15) is 4.79 Å². The summed E-state index contributed by atoms with van der Waals surface area (Å²) < 4.78 is 5.95. The molecule has 3 rings (SSSR count). The second-order valence-corrected chi connectivity index (χ2v) is 6.37. The molecule has 0 atom stereocenters. The molecule has 0 saturated heterocycles. The molecule has 0 aliphatic heterocycles. The van der Waals surface area contributed by atoms with Crippen LogP contribution in [0.3, 0.4) is 0 Å². The largest absolute Gasteiger partial charge is 0.378 e. The van der Waals surface area contributed by atoms with Gasteiger partial charge in [-0.25, -0.2) is 10.1 Å². The van der Waals surface area contributed by atoms with Gasteiger partial charge >= 0.3 is 0 Å². The first-order chi connectivity index (χ1) is 13.1. The number of hydrazone groups is 1. The molecule has 1 amide bonds. The fourth-order valence-electron chi connectivity index (χ4n) is 2.36. The fraction of sp³-hybridized carbons (Fsp3) is 0.250. The van der Waals surface area contributed by atoms with Crippen molar-refractivity contribution in [1.29, 1.82) is 0 Å². The molecule has 0 aliphatic carbocycles. The normalized spacial score (nSPS) is 11.2. The molecule has 0 fully saturated rings. The third kappa shape index (κ3) is 4.14. The van der Waals surface area contributed by atoms with Crippen LogP contribution in [-0.2, 0) is 6.42 Å². The Morgan fingerprint density at radius 1 is 1.37 bits per heavy atom. The Kier molecular flexibility index (Phi) is 5.81. The fourth-order valence-corrected chi connectivity index (χ4v) is 2.76. The summed E-state index contributed by atoms with van der Waals surface area (Å²) >= 11 is 1.65. The first kappa shape index (κ1) is 18.6. The molecule has 3 aromatic rings. The van der Waals surface area contributed by atoms with Gasteiger partial charge in [0.05, 0.1) is 11.9 Å². The smallest absolute Gasteiger partial charge is 0.293 e. The molecule has 0 bridgehead atoms. The number of carbonyl (C=O) groups is 1. The van der Waals surface area contributed by atoms with Gasteiger partial charge in [-0.3, -0.25) is 4.79 Å². The summed E-state index contributed by atoms with van der Waals surface area (Å²) in [6, 6.07) is 7.80. The van der Waals surface area contributed by atoms with Crippen molar-refractivity contribution < 1.29 is 9.42 Å². The third-order valence-electron chi connectivity index (χ3n) is 3.66. The number of anilines is 1. The third-order valence-corrected chi connectivity index (χ3v) is 4.40. The molecule has 0 unspecified atom stereocenters. The van der Waals surface area contributed by atoms with Crippen LogP contribution < -0.4 is 11.2 Å². The van der Waals surface area contributed by atoms with Gasteiger partial charge in [-0.05, 0) is 40.7 Å². The summed E-state index contributed by atoms with van der Waals surface area (Å²) in [4.78, 5) is 13.6. The number of nitrogens with one attached hydrogen (secondary N) is 1. The van der Waals surface area contributed by atoms with E-state index in [1.54, 1.807) is 18.0 Å². The van der Waals surface area contributed by atoms with Crippen LogP contribution in [-0.4, -0.2) is 43.7 Å². The van der Waals surface area contributed by atoms with E-state index in [1.807, 2.05) is 37.4 Å². The van der Waals surface area contributed by atoms with Crippen LogP contribution in [0, 0.1) is 0 Å². The van der Waals surface area contributed by atoms with Crippen LogP contribution in [0.25, 0.3) is 5.82 Å². The summed E-state index contributed by atoms with van der Waals surface area (Å²) in [7, 11) is 0. The SMILES string of the molecule is CCCc1c(C(=O)NN=Cc2ccc(SC)cc2)nnn1-c1nonc1N. The minimum Gasteiger partial charge on any atom is -0.378 e. The number of carbonyl (C=O) groups excluding carboxylic acids is 1. The summed E-state index contributed by atoms with van der Waals surface area (Å²) in [5, 5.41) is 19.1. The minimum absolute atomic E-state index is 0.0657. The maximum absolute atomic E-state index is 12.5. The van der Waals surface area contributed by atoms with Gasteiger partial charge in [0, 0.05) is 4.90 Å². The summed E-state index contributed by atoms with van der Waals surface area (Å²) in [5.74, 6) is -0.213. The lowest BCUT2D eigenvalue weighted by Gasteiger charge is -2.03. The first-order valence-electron chi connectivity index (χ1n) is 8.14. The number of amides is 1. The van der Waals surface area contributed by atoms with Crippen LogP contribution in [0.2, 0.25) is 0 Å². The Hall–Kier alpha value is -3.21. The Bertz CT molecular complexity index is 948. The van der Waals surface area contributed by atoms with E-state index in [4.69, 9.17) is 5.73 Å². The topological polar surface area (TPSA) is 137 Å². The molecule has 2 aromatic heterocycles. The van der Waals surface area contributed by atoms with Crippen LogP contribution in [0.15, 0.2) is 38.9 Å². The Morgan fingerprint density at radius 2 is 2.15 bits per heavy atom. The highest BCUT2D eigenvalue weighted by Crippen LogP contribution is 2.17. The summed E-state index contributed by atoms with van der Waals surface area (Å²) in [5.41, 5.74) is 9.74. The van der Waals surface area contributed by atoms with Crippen molar-refractivity contribution in [3.8, 4) is 5.82 Å². The van der Waals surface area contributed by atoms with Crippen molar-refractivity contribution in [3.63, 3.8) is 0 Å². The van der Waals surface area contributed by atoms with E-state index in [1.165, 1.54) is 4.68 Å². The van der Waals surface area contributed by atoms with Crippen molar-refractivity contribution in [3.05, 3.63) is 41.2 Å². The molecule has 0 radical (unpaired) electrons. The monoisotopic (exact) mass is 386 g/mol. The van der Waals surface area contributed by atoms with Gasteiger partial charge in [0.15, 0.2) is 5.69 Å². The van der Waals surface area contributed by atoms with E-state index in [0.29, 0.717) is 12.1 Å². The zero-order valence-electron chi connectivity index (χ0n) is 14.8. The molecule has 11 heteroatoms. The lowest BCUT2D eigenvalue weighted by Crippen LogP contribution is -2.20. The van der Waals surface area contributed by atoms with Gasteiger partial charge in [0.2, 0.25) is 11.6 Å². The number of nitrogens with zero attached hydrogens (tertiary/aromatic N) is 6. The van der Waals surface area contributed by atoms with Crippen molar-refractivity contribution in [2.24, 2.45) is 5.10 Å². The number of hydrogen-bond donors (Lipinski definition) is 2. The first-order valence-corrected chi connectivity index (χ1v) is 9.37. The quantitative estimate of drug-likeness (QED) is 0.355. The highest BCUT2D eigenvalue weighted by Gasteiger charge is 2.23. The molecule has 27 heavy (non-hydrogen) atoms. The highest BCUT2D eigenvalue weighted by atomic mass is 32.2. The lowest BCUT2D eigenvalue weighted by molar-refractivity contribution is 0.0949. The maximum atomic E-state index is 12.5. The number of nitrogens with two attached hydrogens (primary N) is 1. The second kappa shape index (κ2) is 8.45. The average molecular weight is 386 g/mol. The Morgan fingerprint density at radius 3 is 2.78 bits per heavy atom. The molecule has 3 N–H and O–H groups in total. The molecule has 0 saturated carbocycles. The van der Waals surface area contributed by atoms with Crippen LogP contribution in [0.4, 0.5) is 5.82 Å². The molecule has 2 heterocycles. The van der Waals surface area contributed by atoms with Gasteiger partial charge in [0.25, 0.3) is 5.91 Å². The number of hydrogen-bond acceptors (Lipinski definition) is 9. The van der Waals surface area contributed by atoms with E-state index >= 15 is 0 Å². The number of aromatic nitrogens is 5. The molecule has 1 aromatic carbocycles. The van der Waals surface area contributed by atoms with E-state index in [2.05, 4.69) is 35.8 Å². The molecular weight excluding hydrogens is 368 g/mol. The standard InChI is InChI=1S/C16H18N8O2S/c1-3-4-12-13(19-23-24(12)15-14(17)21-26-22-15)16(25)20-18-9-10-5-7-11(27-2)8-6-10/h5-9H,3-4H2,1-2H3,(H2,17,21)(H,20,25). The average Bonchev–Trinajstić information content (AvgIpc) is 3.28. The molecule has 140 valence electrons. The van der Waals surface area contributed by atoms with Gasteiger partial charge in [-0.2, -0.15) is 9.78 Å². The number of nitrogen functional groups attached to an aromatic ring is 1.